The summed E-state index contributed by atoms with van der Waals surface area (Å²) in [5, 5.41) is 7.53. The van der Waals surface area contributed by atoms with E-state index in [-0.39, 0.29) is 5.92 Å². The first-order chi connectivity index (χ1) is 5.70. The Morgan fingerprint density at radius 2 is 2.33 bits per heavy atom. The first-order valence-corrected chi connectivity index (χ1v) is 3.94. The van der Waals surface area contributed by atoms with Crippen molar-refractivity contribution in [3.05, 3.63) is 24.8 Å². The second-order valence-electron chi connectivity index (χ2n) is 2.94. The van der Waals surface area contributed by atoms with Crippen molar-refractivity contribution < 1.29 is 0 Å². The van der Waals surface area contributed by atoms with Crippen LogP contribution in [-0.2, 0) is 0 Å². The molecule has 0 atom stereocenters. The fraction of sp³-hybridized carbons (Fsp3) is 0.333. The van der Waals surface area contributed by atoms with Gasteiger partial charge in [0.2, 0.25) is 0 Å². The van der Waals surface area contributed by atoms with Gasteiger partial charge in [-0.1, -0.05) is 13.8 Å². The Balaban J connectivity index is 2.57. The Morgan fingerprint density at radius 3 is 2.83 bits per heavy atom. The minimum Gasteiger partial charge on any atom is -0.313 e. The van der Waals surface area contributed by atoms with Crippen LogP contribution in [-0.4, -0.2) is 15.3 Å². The van der Waals surface area contributed by atoms with E-state index in [2.05, 4.69) is 4.98 Å². The summed E-state index contributed by atoms with van der Waals surface area (Å²) in [6.07, 6.45) is 8.86. The third kappa shape index (κ3) is 2.34. The van der Waals surface area contributed by atoms with Crippen molar-refractivity contribution in [1.82, 2.24) is 9.55 Å². The molecule has 0 spiro atoms. The molecule has 0 aliphatic rings. The largest absolute Gasteiger partial charge is 0.313 e. The summed E-state index contributed by atoms with van der Waals surface area (Å²) in [7, 11) is 0. The van der Waals surface area contributed by atoms with Crippen molar-refractivity contribution in [1.29, 1.82) is 5.41 Å². The SMILES string of the molecule is CC(C)C(=N)/C=C\n1ccnc1. The van der Waals surface area contributed by atoms with Gasteiger partial charge in [0.15, 0.2) is 0 Å². The van der Waals surface area contributed by atoms with E-state index in [0.29, 0.717) is 5.71 Å². The van der Waals surface area contributed by atoms with Crippen molar-refractivity contribution in [3.63, 3.8) is 0 Å². The lowest BCUT2D eigenvalue weighted by molar-refractivity contribution is 0.882. The number of aromatic nitrogens is 2. The van der Waals surface area contributed by atoms with Crippen LogP contribution in [0, 0.1) is 11.3 Å². The molecule has 3 heteroatoms. The Kier molecular flexibility index (Phi) is 2.80. The van der Waals surface area contributed by atoms with Gasteiger partial charge in [0.25, 0.3) is 0 Å². The van der Waals surface area contributed by atoms with Gasteiger partial charge in [0.05, 0.1) is 6.33 Å². The molecule has 0 aliphatic carbocycles. The molecule has 1 heterocycles. The Bertz CT molecular complexity index is 270. The van der Waals surface area contributed by atoms with E-state index in [1.807, 2.05) is 30.8 Å². The minimum atomic E-state index is 0.282. The molecular formula is C9H13N3. The topological polar surface area (TPSA) is 41.7 Å². The average molecular weight is 163 g/mol. The second kappa shape index (κ2) is 3.85. The predicted octanol–water partition coefficient (Wildman–Crippen LogP) is 2.03. The van der Waals surface area contributed by atoms with Crippen LogP contribution in [0.1, 0.15) is 13.8 Å². The van der Waals surface area contributed by atoms with Gasteiger partial charge in [0.1, 0.15) is 0 Å². The van der Waals surface area contributed by atoms with Crippen LogP contribution in [0.2, 0.25) is 0 Å². The summed E-state index contributed by atoms with van der Waals surface area (Å²) < 4.78 is 1.82. The van der Waals surface area contributed by atoms with Gasteiger partial charge in [-0.25, -0.2) is 4.98 Å². The lowest BCUT2D eigenvalue weighted by Crippen LogP contribution is -2.01. The van der Waals surface area contributed by atoms with E-state index < -0.39 is 0 Å². The molecule has 0 saturated carbocycles. The minimum absolute atomic E-state index is 0.282. The summed E-state index contributed by atoms with van der Waals surface area (Å²) in [5.74, 6) is 0.282. The molecule has 1 aromatic rings. The number of hydrogen-bond acceptors (Lipinski definition) is 2. The quantitative estimate of drug-likeness (QED) is 0.680. The van der Waals surface area contributed by atoms with E-state index >= 15 is 0 Å². The van der Waals surface area contributed by atoms with Crippen molar-refractivity contribution >= 4 is 11.9 Å². The number of nitrogens with one attached hydrogen (secondary N) is 1. The Labute approximate surface area is 72.3 Å². The molecular weight excluding hydrogens is 150 g/mol. The molecule has 0 saturated heterocycles. The highest BCUT2D eigenvalue weighted by molar-refractivity contribution is 5.95. The number of allylic oxidation sites excluding steroid dienone is 1. The van der Waals surface area contributed by atoms with E-state index in [4.69, 9.17) is 5.41 Å². The molecule has 1 rings (SSSR count). The zero-order valence-corrected chi connectivity index (χ0v) is 7.36. The molecule has 3 nitrogen and oxygen atoms in total. The van der Waals surface area contributed by atoms with Crippen LogP contribution in [0.3, 0.4) is 0 Å². The molecule has 1 aromatic heterocycles. The highest BCUT2D eigenvalue weighted by atomic mass is 15.0. The molecule has 0 radical (unpaired) electrons. The smallest absolute Gasteiger partial charge is 0.0986 e. The lowest BCUT2D eigenvalue weighted by Gasteiger charge is -1.99. The first kappa shape index (κ1) is 8.71. The molecule has 0 aliphatic heterocycles. The van der Waals surface area contributed by atoms with Crippen LogP contribution in [0.15, 0.2) is 24.8 Å². The van der Waals surface area contributed by atoms with Crippen molar-refractivity contribution in [2.24, 2.45) is 5.92 Å². The van der Waals surface area contributed by atoms with Crippen molar-refractivity contribution in [2.45, 2.75) is 13.8 Å². The monoisotopic (exact) mass is 163 g/mol. The molecule has 0 fully saturated rings. The summed E-state index contributed by atoms with van der Waals surface area (Å²) in [6.45, 7) is 4.00. The Hall–Kier alpha value is -1.38. The third-order valence-corrected chi connectivity index (χ3v) is 1.57. The van der Waals surface area contributed by atoms with E-state index in [9.17, 15) is 0 Å². The number of nitrogens with zero attached hydrogens (tertiary/aromatic N) is 2. The zero-order chi connectivity index (χ0) is 8.97. The lowest BCUT2D eigenvalue weighted by atomic mass is 10.1. The van der Waals surface area contributed by atoms with Gasteiger partial charge in [-0.3, -0.25) is 0 Å². The van der Waals surface area contributed by atoms with Crippen LogP contribution >= 0.6 is 0 Å². The van der Waals surface area contributed by atoms with Crippen LogP contribution in [0.4, 0.5) is 0 Å². The second-order valence-corrected chi connectivity index (χ2v) is 2.94. The first-order valence-electron chi connectivity index (χ1n) is 3.94. The van der Waals surface area contributed by atoms with Gasteiger partial charge in [-0.15, -0.1) is 0 Å². The average Bonchev–Trinajstić information content (AvgIpc) is 2.51. The summed E-state index contributed by atoms with van der Waals surface area (Å²) in [6, 6.07) is 0. The highest BCUT2D eigenvalue weighted by Gasteiger charge is 1.96. The summed E-state index contributed by atoms with van der Waals surface area (Å²) in [4.78, 5) is 3.89. The number of rotatable bonds is 3. The molecule has 0 bridgehead atoms. The Morgan fingerprint density at radius 1 is 1.58 bits per heavy atom. The summed E-state index contributed by atoms with van der Waals surface area (Å²) >= 11 is 0. The van der Waals surface area contributed by atoms with Crippen molar-refractivity contribution in [2.75, 3.05) is 0 Å². The zero-order valence-electron chi connectivity index (χ0n) is 7.36. The molecule has 0 amide bonds. The van der Waals surface area contributed by atoms with Gasteiger partial charge in [-0.2, -0.15) is 0 Å². The standard InChI is InChI=1S/C9H13N3/c1-8(2)9(10)3-5-12-6-4-11-7-12/h3-8,10H,1-2H3/b5-3-,10-9?. The predicted molar refractivity (Wildman–Crippen MR) is 50.1 cm³/mol. The maximum Gasteiger partial charge on any atom is 0.0986 e. The normalized spacial score (nSPS) is 11.2. The number of hydrogen-bond donors (Lipinski definition) is 1. The fourth-order valence-corrected chi connectivity index (χ4v) is 0.716. The van der Waals surface area contributed by atoms with Crippen molar-refractivity contribution in [3.8, 4) is 0 Å². The molecule has 1 N–H and O–H groups in total. The molecule has 0 aromatic carbocycles. The maximum atomic E-state index is 7.53. The highest BCUT2D eigenvalue weighted by Crippen LogP contribution is 1.97. The van der Waals surface area contributed by atoms with E-state index in [1.54, 1.807) is 18.6 Å². The van der Waals surface area contributed by atoms with Gasteiger partial charge < -0.3 is 9.98 Å². The maximum absolute atomic E-state index is 7.53. The molecule has 0 unspecified atom stereocenters. The molecule has 64 valence electrons. The van der Waals surface area contributed by atoms with Crippen LogP contribution in [0.5, 0.6) is 0 Å². The number of imidazole rings is 1. The van der Waals surface area contributed by atoms with Gasteiger partial charge in [0, 0.05) is 24.3 Å². The van der Waals surface area contributed by atoms with E-state index in [0.717, 1.165) is 0 Å². The van der Waals surface area contributed by atoms with E-state index in [1.165, 1.54) is 0 Å². The molecule has 12 heavy (non-hydrogen) atoms. The van der Waals surface area contributed by atoms with Gasteiger partial charge in [-0.05, 0) is 12.0 Å². The van der Waals surface area contributed by atoms with Crippen LogP contribution in [0.25, 0.3) is 6.20 Å². The third-order valence-electron chi connectivity index (χ3n) is 1.57. The fourth-order valence-electron chi connectivity index (χ4n) is 0.716. The summed E-state index contributed by atoms with van der Waals surface area (Å²) in [5.41, 5.74) is 0.628. The van der Waals surface area contributed by atoms with Crippen LogP contribution < -0.4 is 0 Å². The van der Waals surface area contributed by atoms with Gasteiger partial charge >= 0.3 is 0 Å².